The minimum Gasteiger partial charge on any atom is -0.369 e. The number of aromatic nitrogens is 2. The van der Waals surface area contributed by atoms with Crippen molar-refractivity contribution >= 4 is 5.91 Å². The quantitative estimate of drug-likeness (QED) is 0.841. The lowest BCUT2D eigenvalue weighted by Crippen LogP contribution is -2.20. The fourth-order valence-electron chi connectivity index (χ4n) is 2.17. The van der Waals surface area contributed by atoms with Gasteiger partial charge in [0, 0.05) is 18.3 Å². The number of nitrogens with two attached hydrogens (primary N) is 1. The minimum absolute atomic E-state index is 0.349. The van der Waals surface area contributed by atoms with Crippen LogP contribution in [0.5, 0.6) is 0 Å². The standard InChI is InChI=1S/C12H17N3O/c1-8(12(13)16)10-6-14-7-11(15-10)9-4-2-3-5-9/h6-9H,2-5H2,1H3,(H2,13,16). The molecule has 1 aliphatic carbocycles. The van der Waals surface area contributed by atoms with Gasteiger partial charge >= 0.3 is 0 Å². The van der Waals surface area contributed by atoms with E-state index in [9.17, 15) is 4.79 Å². The van der Waals surface area contributed by atoms with E-state index >= 15 is 0 Å². The Balaban J connectivity index is 2.21. The lowest BCUT2D eigenvalue weighted by atomic mass is 10.0. The zero-order valence-corrected chi connectivity index (χ0v) is 9.52. The predicted molar refractivity (Wildman–Crippen MR) is 60.9 cm³/mol. The largest absolute Gasteiger partial charge is 0.369 e. The molecular formula is C12H17N3O. The van der Waals surface area contributed by atoms with E-state index in [0.29, 0.717) is 11.6 Å². The molecule has 0 aliphatic heterocycles. The molecule has 2 rings (SSSR count). The Bertz CT molecular complexity index is 386. The summed E-state index contributed by atoms with van der Waals surface area (Å²) in [5.74, 6) is -0.181. The van der Waals surface area contributed by atoms with Gasteiger partial charge in [-0.1, -0.05) is 12.8 Å². The fourth-order valence-corrected chi connectivity index (χ4v) is 2.17. The van der Waals surface area contributed by atoms with Crippen LogP contribution in [0.15, 0.2) is 12.4 Å². The number of carbonyl (C=O) groups excluding carboxylic acids is 1. The Morgan fingerprint density at radius 3 is 2.75 bits per heavy atom. The van der Waals surface area contributed by atoms with Crippen LogP contribution in [0, 0.1) is 0 Å². The van der Waals surface area contributed by atoms with Crippen LogP contribution in [-0.4, -0.2) is 15.9 Å². The van der Waals surface area contributed by atoms with Crippen molar-refractivity contribution in [2.75, 3.05) is 0 Å². The zero-order chi connectivity index (χ0) is 11.5. The van der Waals surface area contributed by atoms with Crippen LogP contribution in [0.3, 0.4) is 0 Å². The highest BCUT2D eigenvalue weighted by molar-refractivity contribution is 5.80. The lowest BCUT2D eigenvalue weighted by molar-refractivity contribution is -0.119. The van der Waals surface area contributed by atoms with Gasteiger partial charge in [0.2, 0.25) is 5.91 Å². The summed E-state index contributed by atoms with van der Waals surface area (Å²) in [6.07, 6.45) is 8.34. The van der Waals surface area contributed by atoms with Crippen LogP contribution in [0.4, 0.5) is 0 Å². The molecule has 1 amide bonds. The molecule has 1 aliphatic rings. The molecule has 1 aromatic rings. The van der Waals surface area contributed by atoms with Crippen molar-refractivity contribution in [1.82, 2.24) is 9.97 Å². The first-order valence-electron chi connectivity index (χ1n) is 5.79. The van der Waals surface area contributed by atoms with Gasteiger partial charge in [0.15, 0.2) is 0 Å². The van der Waals surface area contributed by atoms with Crippen molar-refractivity contribution in [1.29, 1.82) is 0 Å². The van der Waals surface area contributed by atoms with Gasteiger partial charge in [0.05, 0.1) is 17.3 Å². The van der Waals surface area contributed by atoms with Gasteiger partial charge in [-0.25, -0.2) is 0 Å². The number of carbonyl (C=O) groups is 1. The summed E-state index contributed by atoms with van der Waals surface area (Å²) in [6, 6.07) is 0. The molecule has 2 N–H and O–H groups in total. The number of hydrogen-bond donors (Lipinski definition) is 1. The average Bonchev–Trinajstić information content (AvgIpc) is 2.81. The summed E-state index contributed by atoms with van der Waals surface area (Å²) in [4.78, 5) is 19.8. The number of hydrogen-bond acceptors (Lipinski definition) is 3. The number of primary amides is 1. The Hall–Kier alpha value is -1.45. The third kappa shape index (κ3) is 2.21. The summed E-state index contributed by atoms with van der Waals surface area (Å²) in [5.41, 5.74) is 6.97. The summed E-state index contributed by atoms with van der Waals surface area (Å²) in [6.45, 7) is 1.77. The smallest absolute Gasteiger partial charge is 0.226 e. The van der Waals surface area contributed by atoms with Gasteiger partial charge in [-0.05, 0) is 19.8 Å². The highest BCUT2D eigenvalue weighted by Crippen LogP contribution is 2.32. The molecule has 0 saturated heterocycles. The van der Waals surface area contributed by atoms with Crippen molar-refractivity contribution in [3.05, 3.63) is 23.8 Å². The molecule has 1 aromatic heterocycles. The van der Waals surface area contributed by atoms with E-state index in [1.807, 2.05) is 6.20 Å². The van der Waals surface area contributed by atoms with E-state index < -0.39 is 0 Å². The maximum Gasteiger partial charge on any atom is 0.226 e. The molecule has 1 atom stereocenters. The van der Waals surface area contributed by atoms with Crippen LogP contribution in [0.1, 0.15) is 55.8 Å². The summed E-state index contributed by atoms with van der Waals surface area (Å²) in [5, 5.41) is 0. The molecular weight excluding hydrogens is 202 g/mol. The van der Waals surface area contributed by atoms with Crippen molar-refractivity contribution in [3.63, 3.8) is 0 Å². The van der Waals surface area contributed by atoms with Gasteiger partial charge in [-0.3, -0.25) is 14.8 Å². The van der Waals surface area contributed by atoms with Gasteiger partial charge < -0.3 is 5.73 Å². The first-order valence-corrected chi connectivity index (χ1v) is 5.79. The van der Waals surface area contributed by atoms with Gasteiger partial charge in [0.25, 0.3) is 0 Å². The van der Waals surface area contributed by atoms with Crippen LogP contribution < -0.4 is 5.73 Å². The highest BCUT2D eigenvalue weighted by atomic mass is 16.1. The summed E-state index contributed by atoms with van der Waals surface area (Å²) < 4.78 is 0. The van der Waals surface area contributed by atoms with Crippen molar-refractivity contribution in [2.24, 2.45) is 5.73 Å². The lowest BCUT2D eigenvalue weighted by Gasteiger charge is -2.11. The molecule has 16 heavy (non-hydrogen) atoms. The molecule has 86 valence electrons. The van der Waals surface area contributed by atoms with Crippen molar-refractivity contribution in [2.45, 2.75) is 44.4 Å². The monoisotopic (exact) mass is 219 g/mol. The van der Waals surface area contributed by atoms with E-state index in [4.69, 9.17) is 5.73 Å². The Labute approximate surface area is 95.3 Å². The Morgan fingerprint density at radius 1 is 1.44 bits per heavy atom. The average molecular weight is 219 g/mol. The van der Waals surface area contributed by atoms with Crippen molar-refractivity contribution in [3.8, 4) is 0 Å². The maximum atomic E-state index is 11.1. The van der Waals surface area contributed by atoms with Crippen LogP contribution in [-0.2, 0) is 4.79 Å². The molecule has 1 fully saturated rings. The fraction of sp³-hybridized carbons (Fsp3) is 0.583. The molecule has 0 bridgehead atoms. The van der Waals surface area contributed by atoms with Gasteiger partial charge in [-0.15, -0.1) is 0 Å². The second kappa shape index (κ2) is 4.60. The first kappa shape index (κ1) is 11.0. The molecule has 1 unspecified atom stereocenters. The maximum absolute atomic E-state index is 11.1. The molecule has 4 heteroatoms. The van der Waals surface area contributed by atoms with E-state index in [1.54, 1.807) is 13.1 Å². The zero-order valence-electron chi connectivity index (χ0n) is 9.52. The summed E-state index contributed by atoms with van der Waals surface area (Å²) >= 11 is 0. The van der Waals surface area contributed by atoms with Crippen LogP contribution >= 0.6 is 0 Å². The number of amides is 1. The molecule has 0 spiro atoms. The molecule has 1 saturated carbocycles. The molecule has 1 heterocycles. The number of nitrogens with zero attached hydrogens (tertiary/aromatic N) is 2. The highest BCUT2D eigenvalue weighted by Gasteiger charge is 2.20. The topological polar surface area (TPSA) is 68.9 Å². The van der Waals surface area contributed by atoms with Crippen LogP contribution in [0.25, 0.3) is 0 Å². The van der Waals surface area contributed by atoms with Crippen LogP contribution in [0.2, 0.25) is 0 Å². The minimum atomic E-state index is -0.353. The number of rotatable bonds is 3. The first-order chi connectivity index (χ1) is 7.68. The van der Waals surface area contributed by atoms with Crippen molar-refractivity contribution < 1.29 is 4.79 Å². The van der Waals surface area contributed by atoms with Gasteiger partial charge in [-0.2, -0.15) is 0 Å². The second-order valence-electron chi connectivity index (χ2n) is 4.47. The third-order valence-corrected chi connectivity index (χ3v) is 3.32. The summed E-state index contributed by atoms with van der Waals surface area (Å²) in [7, 11) is 0. The molecule has 0 radical (unpaired) electrons. The SMILES string of the molecule is CC(C(N)=O)c1cncc(C2CCCC2)n1. The molecule has 4 nitrogen and oxygen atoms in total. The second-order valence-corrected chi connectivity index (χ2v) is 4.47. The van der Waals surface area contributed by atoms with Gasteiger partial charge in [0.1, 0.15) is 0 Å². The molecule has 0 aromatic carbocycles. The Kier molecular flexibility index (Phi) is 3.17. The van der Waals surface area contributed by atoms with E-state index in [1.165, 1.54) is 25.7 Å². The van der Waals surface area contributed by atoms with E-state index in [2.05, 4.69) is 9.97 Å². The predicted octanol–water partition coefficient (Wildman–Crippen LogP) is 1.72. The third-order valence-electron chi connectivity index (χ3n) is 3.32. The van der Waals surface area contributed by atoms with E-state index in [-0.39, 0.29) is 11.8 Å². The Morgan fingerprint density at radius 2 is 2.12 bits per heavy atom. The normalized spacial score (nSPS) is 18.6. The van der Waals surface area contributed by atoms with E-state index in [0.717, 1.165) is 5.69 Å².